The topological polar surface area (TPSA) is 98.2 Å². The van der Waals surface area contributed by atoms with Crippen molar-refractivity contribution in [1.29, 1.82) is 0 Å². The van der Waals surface area contributed by atoms with Crippen molar-refractivity contribution in [2.24, 2.45) is 4.99 Å². The zero-order valence-electron chi connectivity index (χ0n) is 23.8. The van der Waals surface area contributed by atoms with E-state index in [1.807, 2.05) is 62.6 Å². The van der Waals surface area contributed by atoms with E-state index >= 15 is 0 Å². The first-order chi connectivity index (χ1) is 19.7. The van der Waals surface area contributed by atoms with E-state index in [2.05, 4.69) is 9.88 Å². The average molecular weight is 559 g/mol. The van der Waals surface area contributed by atoms with Gasteiger partial charge in [0.05, 0.1) is 29.6 Å². The molecule has 0 saturated heterocycles. The number of nitrogens with zero attached hydrogens (tertiary/aromatic N) is 3. The van der Waals surface area contributed by atoms with Gasteiger partial charge < -0.3 is 24.6 Å². The lowest BCUT2D eigenvalue weighted by molar-refractivity contribution is -0.140. The van der Waals surface area contributed by atoms with E-state index in [9.17, 15) is 19.1 Å². The van der Waals surface area contributed by atoms with Crippen LogP contribution in [0.1, 0.15) is 36.5 Å². The van der Waals surface area contributed by atoms with Gasteiger partial charge in [0.15, 0.2) is 5.88 Å². The third-order valence-electron chi connectivity index (χ3n) is 6.82. The molecular weight excluding hydrogens is 523 g/mol. The van der Waals surface area contributed by atoms with Gasteiger partial charge in [-0.2, -0.15) is 0 Å². The zero-order chi connectivity index (χ0) is 29.5. The average Bonchev–Trinajstić information content (AvgIpc) is 3.27. The summed E-state index contributed by atoms with van der Waals surface area (Å²) in [6.45, 7) is 3.02. The smallest absolute Gasteiger partial charge is 0.305 e. The maximum atomic E-state index is 13.9. The lowest BCUT2D eigenvalue weighted by atomic mass is 9.98. The minimum absolute atomic E-state index is 0.0380. The van der Waals surface area contributed by atoms with Gasteiger partial charge in [0.2, 0.25) is 5.91 Å². The number of methoxy groups -OCH3 is 1. The Morgan fingerprint density at radius 2 is 1.71 bits per heavy atom. The number of carbonyl (C=O) groups is 2. The number of carbonyl (C=O) groups excluding carboxylic acids is 2. The van der Waals surface area contributed by atoms with Gasteiger partial charge in [0, 0.05) is 36.5 Å². The van der Waals surface area contributed by atoms with Crippen LogP contribution in [0, 0.1) is 5.82 Å². The van der Waals surface area contributed by atoms with Crippen LogP contribution in [0.25, 0.3) is 10.9 Å². The number of halogens is 1. The van der Waals surface area contributed by atoms with Crippen LogP contribution in [-0.4, -0.2) is 66.9 Å². The number of aliphatic imine (C=N–C) groups is 1. The van der Waals surface area contributed by atoms with E-state index in [1.54, 1.807) is 17.9 Å². The lowest BCUT2D eigenvalue weighted by Crippen LogP contribution is -2.31. The van der Waals surface area contributed by atoms with E-state index in [0.29, 0.717) is 40.8 Å². The molecule has 0 radical (unpaired) electrons. The number of amides is 1. The van der Waals surface area contributed by atoms with Crippen LogP contribution in [0.2, 0.25) is 0 Å². The molecule has 41 heavy (non-hydrogen) atoms. The third-order valence-corrected chi connectivity index (χ3v) is 6.82. The summed E-state index contributed by atoms with van der Waals surface area (Å²) in [5, 5.41) is 11.5. The van der Waals surface area contributed by atoms with Crippen molar-refractivity contribution in [2.75, 3.05) is 39.2 Å². The summed E-state index contributed by atoms with van der Waals surface area (Å²) in [5.74, 6) is -0.866. The van der Waals surface area contributed by atoms with Crippen molar-refractivity contribution in [3.05, 3.63) is 89.2 Å². The maximum Gasteiger partial charge on any atom is 0.305 e. The summed E-state index contributed by atoms with van der Waals surface area (Å²) in [4.78, 5) is 35.5. The Kier molecular flexibility index (Phi) is 9.52. The summed E-state index contributed by atoms with van der Waals surface area (Å²) in [7, 11) is 5.36. The predicted molar refractivity (Wildman–Crippen MR) is 160 cm³/mol. The molecule has 0 bridgehead atoms. The van der Waals surface area contributed by atoms with Crippen LogP contribution in [0.15, 0.2) is 71.7 Å². The highest BCUT2D eigenvalue weighted by Crippen LogP contribution is 2.32. The Labute approximate surface area is 239 Å². The number of aryl methyl sites for hydroxylation is 1. The minimum Gasteiger partial charge on any atom is -0.494 e. The van der Waals surface area contributed by atoms with Crippen molar-refractivity contribution < 1.29 is 23.8 Å². The zero-order valence-corrected chi connectivity index (χ0v) is 23.8. The van der Waals surface area contributed by atoms with Gasteiger partial charge in [-0.05, 0) is 81.5 Å². The Bertz CT molecular complexity index is 1540. The summed E-state index contributed by atoms with van der Waals surface area (Å²) < 4.78 is 18.7. The number of ether oxygens (including phenoxy) is 1. The van der Waals surface area contributed by atoms with Gasteiger partial charge >= 0.3 is 5.97 Å². The monoisotopic (exact) mass is 558 g/mol. The van der Waals surface area contributed by atoms with Crippen LogP contribution in [0.4, 0.5) is 15.8 Å². The van der Waals surface area contributed by atoms with Crippen molar-refractivity contribution in [1.82, 2.24) is 9.88 Å². The number of hydrogen-bond acceptors (Lipinski definition) is 6. The molecule has 214 valence electrons. The number of aromatic hydroxyl groups is 1. The van der Waals surface area contributed by atoms with E-state index in [0.717, 1.165) is 29.8 Å². The van der Waals surface area contributed by atoms with Gasteiger partial charge in [0.1, 0.15) is 5.82 Å². The number of nitrogens with one attached hydrogen (secondary N) is 1. The molecule has 4 rings (SSSR count). The number of hydrogen-bond donors (Lipinski definition) is 2. The highest BCUT2D eigenvalue weighted by atomic mass is 19.1. The third kappa shape index (κ3) is 7.37. The molecule has 9 heteroatoms. The largest absolute Gasteiger partial charge is 0.494 e. The fourth-order valence-corrected chi connectivity index (χ4v) is 4.69. The second kappa shape index (κ2) is 13.2. The Balaban J connectivity index is 1.72. The number of benzene rings is 3. The van der Waals surface area contributed by atoms with Gasteiger partial charge in [-0.1, -0.05) is 24.3 Å². The Morgan fingerprint density at radius 1 is 1.00 bits per heavy atom. The van der Waals surface area contributed by atoms with Crippen LogP contribution < -0.4 is 4.90 Å². The molecule has 1 amide bonds. The SMILES string of the molecule is COC(=O)CCc1ccc(C(=Nc2ccc(N(CCCN(C)C)C(C)=O)cc2)c2c(O)[nH]c3cc(F)ccc23)cc1. The predicted octanol–water partition coefficient (Wildman–Crippen LogP) is 5.59. The number of anilines is 1. The van der Waals surface area contributed by atoms with Crippen LogP contribution in [-0.2, 0) is 20.7 Å². The number of rotatable bonds is 11. The van der Waals surface area contributed by atoms with Gasteiger partial charge in [0.25, 0.3) is 0 Å². The molecule has 0 spiro atoms. The van der Waals surface area contributed by atoms with E-state index in [1.165, 1.54) is 19.2 Å². The van der Waals surface area contributed by atoms with Crippen molar-refractivity contribution in [3.63, 3.8) is 0 Å². The van der Waals surface area contributed by atoms with Gasteiger partial charge in [-0.25, -0.2) is 9.38 Å². The standard InChI is InChI=1S/C32H35FN4O4/c1-21(38)37(19-5-18-36(2)3)26-14-12-25(13-15-26)34-31(23-9-6-22(7-10-23)8-17-29(39)41-4)30-27-16-11-24(33)20-28(27)35-32(30)40/h6-7,9-16,20,35,40H,5,8,17-19H2,1-4H3. The molecule has 0 aliphatic rings. The molecule has 0 atom stereocenters. The fourth-order valence-electron chi connectivity index (χ4n) is 4.69. The minimum atomic E-state index is -0.421. The normalized spacial score (nSPS) is 11.7. The molecule has 2 N–H and O–H groups in total. The number of aromatic amines is 1. The second-order valence-electron chi connectivity index (χ2n) is 10.1. The van der Waals surface area contributed by atoms with Crippen molar-refractivity contribution >= 4 is 39.9 Å². The Hall–Kier alpha value is -4.50. The van der Waals surface area contributed by atoms with Crippen LogP contribution in [0.3, 0.4) is 0 Å². The molecule has 8 nitrogen and oxygen atoms in total. The van der Waals surface area contributed by atoms with Crippen LogP contribution >= 0.6 is 0 Å². The van der Waals surface area contributed by atoms with Gasteiger partial charge in [-0.3, -0.25) is 9.59 Å². The fraction of sp³-hybridized carbons (Fsp3) is 0.281. The first-order valence-electron chi connectivity index (χ1n) is 13.4. The summed E-state index contributed by atoms with van der Waals surface area (Å²) in [6.07, 6.45) is 1.64. The summed E-state index contributed by atoms with van der Waals surface area (Å²) in [5.41, 5.74) is 4.45. The van der Waals surface area contributed by atoms with Crippen molar-refractivity contribution in [2.45, 2.75) is 26.2 Å². The summed E-state index contributed by atoms with van der Waals surface area (Å²) >= 11 is 0. The highest BCUT2D eigenvalue weighted by Gasteiger charge is 2.20. The molecule has 1 heterocycles. The van der Waals surface area contributed by atoms with Crippen molar-refractivity contribution in [3.8, 4) is 5.88 Å². The summed E-state index contributed by atoms with van der Waals surface area (Å²) in [6, 6.07) is 19.2. The molecule has 0 aliphatic carbocycles. The quantitative estimate of drug-likeness (QED) is 0.185. The molecule has 0 fully saturated rings. The highest BCUT2D eigenvalue weighted by molar-refractivity contribution is 6.21. The lowest BCUT2D eigenvalue weighted by Gasteiger charge is -2.22. The number of aromatic nitrogens is 1. The number of esters is 1. The molecular formula is C32H35FN4O4. The molecule has 1 aromatic heterocycles. The molecule has 4 aromatic rings. The Morgan fingerprint density at radius 3 is 2.34 bits per heavy atom. The molecule has 0 saturated carbocycles. The van der Waals surface area contributed by atoms with E-state index < -0.39 is 5.82 Å². The van der Waals surface area contributed by atoms with E-state index in [4.69, 9.17) is 9.73 Å². The maximum absolute atomic E-state index is 13.9. The van der Waals surface area contributed by atoms with E-state index in [-0.39, 0.29) is 24.2 Å². The molecule has 0 unspecified atom stereocenters. The number of fused-ring (bicyclic) bond motifs is 1. The number of H-pyrrole nitrogens is 1. The second-order valence-corrected chi connectivity index (χ2v) is 10.1. The van der Waals surface area contributed by atoms with Gasteiger partial charge in [-0.15, -0.1) is 0 Å². The van der Waals surface area contributed by atoms with Crippen LogP contribution in [0.5, 0.6) is 5.88 Å². The first kappa shape index (κ1) is 29.5. The first-order valence-corrected chi connectivity index (χ1v) is 13.4. The molecule has 3 aromatic carbocycles. The molecule has 0 aliphatic heterocycles.